The molecule has 2 N–H and O–H groups in total. The monoisotopic (exact) mass is 682 g/mol. The van der Waals surface area contributed by atoms with Crippen molar-refractivity contribution in [2.24, 2.45) is 0 Å². The molecule has 5 rings (SSSR count). The second-order valence-corrected chi connectivity index (χ2v) is 14.8. The van der Waals surface area contributed by atoms with Crippen LogP contribution in [0.25, 0.3) is 10.8 Å². The predicted octanol–water partition coefficient (Wildman–Crippen LogP) is 3.58. The molecule has 1 saturated heterocycles. The van der Waals surface area contributed by atoms with Crippen molar-refractivity contribution in [3.63, 3.8) is 0 Å². The fourth-order valence-electron chi connectivity index (χ4n) is 5.30. The third-order valence-electron chi connectivity index (χ3n) is 7.53. The standard InChI is InChI=1S/C29H29ClF2N4O7S2/c1-34(2)25-7-3-6-22-21(25)5-4-8-27(22)45(41,42)35-13-14-36(26(17-35)29(37)33-38)44(39,40)20-15-23(31)28(24(32)16-20)43-19-11-9-18(30)10-12-19/h3-11,15-16,19,26,38H,12-14,17H2,1-2H3,(H,33,37)/t19?,26-/m1/s1. The zero-order valence-corrected chi connectivity index (χ0v) is 26.4. The fraction of sp³-hybridized carbons (Fsp3) is 0.276. The van der Waals surface area contributed by atoms with Crippen molar-refractivity contribution in [2.75, 3.05) is 38.6 Å². The highest BCUT2D eigenvalue weighted by Gasteiger charge is 2.44. The number of rotatable bonds is 8. The number of hydrogen-bond acceptors (Lipinski definition) is 8. The van der Waals surface area contributed by atoms with Gasteiger partial charge in [0.2, 0.25) is 20.0 Å². The molecule has 0 aromatic heterocycles. The molecule has 0 spiro atoms. The summed E-state index contributed by atoms with van der Waals surface area (Å²) in [6.07, 6.45) is 4.07. The van der Waals surface area contributed by atoms with Gasteiger partial charge in [0, 0.05) is 61.6 Å². The van der Waals surface area contributed by atoms with Crippen LogP contribution in [0.15, 0.2) is 81.6 Å². The lowest BCUT2D eigenvalue weighted by molar-refractivity contribution is -0.134. The van der Waals surface area contributed by atoms with Crippen LogP contribution in [0.3, 0.4) is 0 Å². The molecule has 240 valence electrons. The first-order chi connectivity index (χ1) is 21.2. The smallest absolute Gasteiger partial charge is 0.263 e. The zero-order chi connectivity index (χ0) is 32.7. The number of fused-ring (bicyclic) bond motifs is 1. The Kier molecular flexibility index (Phi) is 9.22. The van der Waals surface area contributed by atoms with Crippen LogP contribution >= 0.6 is 11.6 Å². The number of allylic oxidation sites excluding steroid dienone is 2. The summed E-state index contributed by atoms with van der Waals surface area (Å²) in [6, 6.07) is 9.26. The summed E-state index contributed by atoms with van der Waals surface area (Å²) in [4.78, 5) is 13.7. The minimum absolute atomic E-state index is 0.0616. The number of nitrogens with one attached hydrogen (secondary N) is 1. The van der Waals surface area contributed by atoms with Gasteiger partial charge in [-0.05, 0) is 36.4 Å². The maximum absolute atomic E-state index is 15.1. The highest BCUT2D eigenvalue weighted by molar-refractivity contribution is 7.89. The lowest BCUT2D eigenvalue weighted by Crippen LogP contribution is -2.61. The van der Waals surface area contributed by atoms with Crippen molar-refractivity contribution < 1.29 is 40.4 Å². The van der Waals surface area contributed by atoms with Crippen LogP contribution in [0.5, 0.6) is 5.75 Å². The summed E-state index contributed by atoms with van der Waals surface area (Å²) in [5.74, 6) is -4.65. The van der Waals surface area contributed by atoms with E-state index >= 15 is 8.78 Å². The Bertz CT molecular complexity index is 1910. The summed E-state index contributed by atoms with van der Waals surface area (Å²) in [5, 5.41) is 10.9. The summed E-state index contributed by atoms with van der Waals surface area (Å²) in [7, 11) is -5.47. The van der Waals surface area contributed by atoms with Gasteiger partial charge in [-0.15, -0.1) is 0 Å². The molecule has 0 saturated carbocycles. The Morgan fingerprint density at radius 3 is 2.31 bits per heavy atom. The number of sulfonamides is 2. The molecule has 3 aromatic rings. The van der Waals surface area contributed by atoms with Crippen LogP contribution in [0.2, 0.25) is 0 Å². The molecular formula is C29H29ClF2N4O7S2. The van der Waals surface area contributed by atoms with Crippen molar-refractivity contribution in [3.05, 3.63) is 83.4 Å². The first-order valence-corrected chi connectivity index (χ1v) is 16.9. The van der Waals surface area contributed by atoms with Gasteiger partial charge in [-0.3, -0.25) is 10.0 Å². The number of nitrogens with zero attached hydrogens (tertiary/aromatic N) is 3. The molecule has 1 unspecified atom stereocenters. The number of amides is 1. The Hall–Kier alpha value is -3.60. The van der Waals surface area contributed by atoms with Crippen LogP contribution in [0.4, 0.5) is 14.5 Å². The van der Waals surface area contributed by atoms with Gasteiger partial charge < -0.3 is 9.64 Å². The van der Waals surface area contributed by atoms with Crippen molar-refractivity contribution >= 4 is 54.0 Å². The number of benzene rings is 3. The van der Waals surface area contributed by atoms with Gasteiger partial charge in [-0.1, -0.05) is 41.9 Å². The lowest BCUT2D eigenvalue weighted by atomic mass is 10.1. The van der Waals surface area contributed by atoms with Gasteiger partial charge in [0.15, 0.2) is 17.4 Å². The SMILES string of the molecule is CN(C)c1cccc2c(S(=O)(=O)N3CCN(S(=O)(=O)c4cc(F)c(OC5C=CC(Cl)=CC5)c(F)c4)[C@@H](C(=O)NO)C3)cccc12. The predicted molar refractivity (Wildman–Crippen MR) is 163 cm³/mol. The molecule has 1 fully saturated rings. The molecule has 1 heterocycles. The quantitative estimate of drug-likeness (QED) is 0.272. The molecule has 16 heteroatoms. The van der Waals surface area contributed by atoms with Gasteiger partial charge in [0.05, 0.1) is 9.79 Å². The number of hydrogen-bond donors (Lipinski definition) is 2. The molecule has 2 atom stereocenters. The van der Waals surface area contributed by atoms with Crippen LogP contribution in [-0.2, 0) is 24.8 Å². The van der Waals surface area contributed by atoms with Crippen molar-refractivity contribution in [1.29, 1.82) is 0 Å². The zero-order valence-electron chi connectivity index (χ0n) is 24.0. The molecule has 0 radical (unpaired) electrons. The summed E-state index contributed by atoms with van der Waals surface area (Å²) in [6.45, 7) is -1.64. The molecule has 3 aromatic carbocycles. The van der Waals surface area contributed by atoms with E-state index in [1.807, 2.05) is 25.1 Å². The summed E-state index contributed by atoms with van der Waals surface area (Å²) < 4.78 is 92.1. The Labute approximate surface area is 264 Å². The average Bonchev–Trinajstić information content (AvgIpc) is 3.02. The summed E-state index contributed by atoms with van der Waals surface area (Å²) >= 11 is 5.86. The van der Waals surface area contributed by atoms with E-state index in [0.29, 0.717) is 32.2 Å². The van der Waals surface area contributed by atoms with E-state index in [4.69, 9.17) is 16.3 Å². The van der Waals surface area contributed by atoms with Gasteiger partial charge in [-0.2, -0.15) is 8.61 Å². The molecule has 45 heavy (non-hydrogen) atoms. The maximum atomic E-state index is 15.1. The van der Waals surface area contributed by atoms with Crippen LogP contribution in [-0.4, -0.2) is 82.4 Å². The average molecular weight is 683 g/mol. The van der Waals surface area contributed by atoms with E-state index in [9.17, 15) is 26.8 Å². The van der Waals surface area contributed by atoms with Gasteiger partial charge >= 0.3 is 0 Å². The van der Waals surface area contributed by atoms with Crippen LogP contribution in [0, 0.1) is 11.6 Å². The minimum atomic E-state index is -4.79. The van der Waals surface area contributed by atoms with Crippen molar-refractivity contribution in [1.82, 2.24) is 14.1 Å². The fourth-order valence-corrected chi connectivity index (χ4v) is 8.70. The normalized spacial score (nSPS) is 19.7. The highest BCUT2D eigenvalue weighted by atomic mass is 35.5. The number of anilines is 1. The lowest BCUT2D eigenvalue weighted by Gasteiger charge is -2.38. The Balaban J connectivity index is 1.45. The van der Waals surface area contributed by atoms with Gasteiger partial charge in [0.25, 0.3) is 5.91 Å². The van der Waals surface area contributed by atoms with Crippen molar-refractivity contribution in [2.45, 2.75) is 28.4 Å². The topological polar surface area (TPSA) is 137 Å². The maximum Gasteiger partial charge on any atom is 0.263 e. The number of hydroxylamine groups is 1. The Morgan fingerprint density at radius 1 is 1.02 bits per heavy atom. The van der Waals surface area contributed by atoms with Crippen LogP contribution < -0.4 is 15.1 Å². The molecule has 1 amide bonds. The number of halogens is 3. The second-order valence-electron chi connectivity index (χ2n) is 10.5. The van der Waals surface area contributed by atoms with E-state index in [2.05, 4.69) is 0 Å². The number of ether oxygens (including phenoxy) is 1. The molecule has 0 bridgehead atoms. The van der Waals surface area contributed by atoms with E-state index in [0.717, 1.165) is 9.99 Å². The van der Waals surface area contributed by atoms with Gasteiger partial charge in [0.1, 0.15) is 12.1 Å². The molecule has 1 aliphatic carbocycles. The van der Waals surface area contributed by atoms with Crippen molar-refractivity contribution in [3.8, 4) is 5.75 Å². The number of carbonyl (C=O) groups is 1. The largest absolute Gasteiger partial charge is 0.480 e. The number of piperazine rings is 1. The van der Waals surface area contributed by atoms with E-state index in [1.54, 1.807) is 30.3 Å². The van der Waals surface area contributed by atoms with E-state index in [1.165, 1.54) is 23.7 Å². The Morgan fingerprint density at radius 2 is 1.69 bits per heavy atom. The first-order valence-electron chi connectivity index (χ1n) is 13.6. The number of carbonyl (C=O) groups excluding carboxylic acids is 1. The molecule has 1 aliphatic heterocycles. The molecular weight excluding hydrogens is 654 g/mol. The van der Waals surface area contributed by atoms with E-state index < -0.39 is 80.0 Å². The van der Waals surface area contributed by atoms with E-state index in [-0.39, 0.29) is 11.3 Å². The van der Waals surface area contributed by atoms with Gasteiger partial charge in [-0.25, -0.2) is 31.1 Å². The van der Waals surface area contributed by atoms with Crippen LogP contribution in [0.1, 0.15) is 6.42 Å². The second kappa shape index (κ2) is 12.7. The molecule has 11 nitrogen and oxygen atoms in total. The molecule has 2 aliphatic rings. The highest BCUT2D eigenvalue weighted by Crippen LogP contribution is 2.34. The first kappa shape index (κ1) is 32.8. The summed E-state index contributed by atoms with van der Waals surface area (Å²) in [5.41, 5.74) is 2.14. The third-order valence-corrected chi connectivity index (χ3v) is 11.6. The minimum Gasteiger partial charge on any atom is -0.480 e. The third kappa shape index (κ3) is 6.28.